The van der Waals surface area contributed by atoms with Gasteiger partial charge in [0.25, 0.3) is 5.91 Å². The monoisotopic (exact) mass is 337 g/mol. The molecule has 0 spiro atoms. The van der Waals surface area contributed by atoms with Gasteiger partial charge in [-0.1, -0.05) is 16.8 Å². The van der Waals surface area contributed by atoms with Crippen molar-refractivity contribution in [1.29, 1.82) is 0 Å². The number of carbonyl (C=O) groups is 1. The lowest BCUT2D eigenvalue weighted by molar-refractivity contribution is 0.0626. The Labute approximate surface area is 138 Å². The van der Waals surface area contributed by atoms with Crippen molar-refractivity contribution in [1.82, 2.24) is 15.0 Å². The molecule has 23 heavy (non-hydrogen) atoms. The van der Waals surface area contributed by atoms with Gasteiger partial charge in [-0.2, -0.15) is 0 Å². The largest absolute Gasteiger partial charge is 0.361 e. The zero-order chi connectivity index (χ0) is 16.4. The van der Waals surface area contributed by atoms with Crippen LogP contribution < -0.4 is 0 Å². The molecule has 0 atom stereocenters. The first kappa shape index (κ1) is 16.0. The van der Waals surface area contributed by atoms with Crippen molar-refractivity contribution in [2.45, 2.75) is 13.5 Å². The fourth-order valence-electron chi connectivity index (χ4n) is 2.66. The molecule has 2 heterocycles. The SMILES string of the molecule is Cc1cc(CN2CCN(C(=O)c3ccc(F)cc3Cl)CC2)no1. The Hall–Kier alpha value is -1.92. The Morgan fingerprint density at radius 2 is 2.04 bits per heavy atom. The second kappa shape index (κ2) is 6.68. The Morgan fingerprint density at radius 1 is 1.30 bits per heavy atom. The highest BCUT2D eigenvalue weighted by Gasteiger charge is 2.24. The molecule has 1 saturated heterocycles. The minimum Gasteiger partial charge on any atom is -0.361 e. The molecule has 1 amide bonds. The van der Waals surface area contributed by atoms with Gasteiger partial charge in [0.2, 0.25) is 0 Å². The number of piperazine rings is 1. The van der Waals surface area contributed by atoms with Crippen LogP contribution in [0.5, 0.6) is 0 Å². The molecule has 122 valence electrons. The third-order valence-corrected chi connectivity index (χ3v) is 4.20. The van der Waals surface area contributed by atoms with Crippen molar-refractivity contribution in [3.05, 3.63) is 52.1 Å². The zero-order valence-corrected chi connectivity index (χ0v) is 13.5. The Kier molecular flexibility index (Phi) is 4.63. The average molecular weight is 338 g/mol. The summed E-state index contributed by atoms with van der Waals surface area (Å²) in [5, 5.41) is 4.13. The summed E-state index contributed by atoms with van der Waals surface area (Å²) in [6, 6.07) is 5.76. The van der Waals surface area contributed by atoms with E-state index in [-0.39, 0.29) is 10.9 Å². The maximum atomic E-state index is 13.1. The summed E-state index contributed by atoms with van der Waals surface area (Å²) in [6.07, 6.45) is 0. The van der Waals surface area contributed by atoms with Gasteiger partial charge in [0.1, 0.15) is 11.6 Å². The molecule has 3 rings (SSSR count). The molecule has 5 nitrogen and oxygen atoms in total. The van der Waals surface area contributed by atoms with E-state index in [0.717, 1.165) is 30.6 Å². The fourth-order valence-corrected chi connectivity index (χ4v) is 2.91. The van der Waals surface area contributed by atoms with Crippen molar-refractivity contribution < 1.29 is 13.7 Å². The van der Waals surface area contributed by atoms with E-state index in [1.807, 2.05) is 13.0 Å². The van der Waals surface area contributed by atoms with Gasteiger partial charge in [-0.3, -0.25) is 9.69 Å². The lowest BCUT2D eigenvalue weighted by atomic mass is 10.1. The number of halogens is 2. The third kappa shape index (κ3) is 3.71. The number of carbonyl (C=O) groups excluding carboxylic acids is 1. The van der Waals surface area contributed by atoms with Crippen LogP contribution in [0.4, 0.5) is 4.39 Å². The van der Waals surface area contributed by atoms with Gasteiger partial charge in [-0.25, -0.2) is 4.39 Å². The highest BCUT2D eigenvalue weighted by atomic mass is 35.5. The van der Waals surface area contributed by atoms with Crippen molar-refractivity contribution in [2.24, 2.45) is 0 Å². The quantitative estimate of drug-likeness (QED) is 0.864. The van der Waals surface area contributed by atoms with Crippen LogP contribution in [-0.4, -0.2) is 47.0 Å². The summed E-state index contributed by atoms with van der Waals surface area (Å²) in [4.78, 5) is 16.4. The maximum absolute atomic E-state index is 13.1. The molecule has 0 unspecified atom stereocenters. The van der Waals surface area contributed by atoms with E-state index >= 15 is 0 Å². The van der Waals surface area contributed by atoms with Gasteiger partial charge >= 0.3 is 0 Å². The van der Waals surface area contributed by atoms with Crippen molar-refractivity contribution in [3.63, 3.8) is 0 Å². The molecule has 0 radical (unpaired) electrons. The first-order valence-electron chi connectivity index (χ1n) is 7.42. The van der Waals surface area contributed by atoms with Crippen LogP contribution in [0.3, 0.4) is 0 Å². The van der Waals surface area contributed by atoms with Crippen LogP contribution >= 0.6 is 11.6 Å². The maximum Gasteiger partial charge on any atom is 0.255 e. The molecular formula is C16H17ClFN3O2. The number of aromatic nitrogens is 1. The van der Waals surface area contributed by atoms with Crippen LogP contribution in [0.2, 0.25) is 5.02 Å². The second-order valence-electron chi connectivity index (χ2n) is 5.62. The van der Waals surface area contributed by atoms with E-state index in [2.05, 4.69) is 10.1 Å². The number of hydrogen-bond acceptors (Lipinski definition) is 4. The summed E-state index contributed by atoms with van der Waals surface area (Å²) in [7, 11) is 0. The molecule has 1 aliphatic heterocycles. The molecular weight excluding hydrogens is 321 g/mol. The smallest absolute Gasteiger partial charge is 0.255 e. The molecule has 0 bridgehead atoms. The summed E-state index contributed by atoms with van der Waals surface area (Å²) in [6.45, 7) is 5.26. The van der Waals surface area contributed by atoms with E-state index in [4.69, 9.17) is 16.1 Å². The summed E-state index contributed by atoms with van der Waals surface area (Å²) in [5.41, 5.74) is 1.23. The normalized spacial score (nSPS) is 15.9. The second-order valence-corrected chi connectivity index (χ2v) is 6.03. The molecule has 0 saturated carbocycles. The molecule has 0 N–H and O–H groups in total. The first-order chi connectivity index (χ1) is 11.0. The number of benzene rings is 1. The minimum absolute atomic E-state index is 0.149. The van der Waals surface area contributed by atoms with Crippen molar-refractivity contribution in [3.8, 4) is 0 Å². The van der Waals surface area contributed by atoms with Gasteiger partial charge in [0.15, 0.2) is 0 Å². The first-order valence-corrected chi connectivity index (χ1v) is 7.79. The van der Waals surface area contributed by atoms with Crippen LogP contribution in [0.1, 0.15) is 21.8 Å². The summed E-state index contributed by atoms with van der Waals surface area (Å²) >= 11 is 5.97. The molecule has 1 fully saturated rings. The number of hydrogen-bond donors (Lipinski definition) is 0. The molecule has 1 aromatic carbocycles. The Bertz CT molecular complexity index is 711. The molecule has 0 aliphatic carbocycles. The topological polar surface area (TPSA) is 49.6 Å². The molecule has 1 aliphatic rings. The molecule has 7 heteroatoms. The van der Waals surface area contributed by atoms with Crippen LogP contribution in [-0.2, 0) is 6.54 Å². The van der Waals surface area contributed by atoms with E-state index in [0.29, 0.717) is 25.2 Å². The zero-order valence-electron chi connectivity index (χ0n) is 12.8. The third-order valence-electron chi connectivity index (χ3n) is 3.88. The number of amides is 1. The molecule has 2 aromatic rings. The number of aryl methyl sites for hydroxylation is 1. The number of rotatable bonds is 3. The highest BCUT2D eigenvalue weighted by Crippen LogP contribution is 2.20. The summed E-state index contributed by atoms with van der Waals surface area (Å²) in [5.74, 6) is 0.186. The molecule has 1 aromatic heterocycles. The highest BCUT2D eigenvalue weighted by molar-refractivity contribution is 6.33. The Balaban J connectivity index is 1.59. The van der Waals surface area contributed by atoms with Crippen molar-refractivity contribution in [2.75, 3.05) is 26.2 Å². The van der Waals surface area contributed by atoms with E-state index in [1.54, 1.807) is 4.90 Å². The predicted octanol–water partition coefficient (Wildman–Crippen LogP) is 2.73. The van der Waals surface area contributed by atoms with Crippen LogP contribution in [0, 0.1) is 12.7 Å². The van der Waals surface area contributed by atoms with E-state index < -0.39 is 5.82 Å². The Morgan fingerprint density at radius 3 is 2.65 bits per heavy atom. The standard InChI is InChI=1S/C16H17ClFN3O2/c1-11-8-13(19-23-11)10-20-4-6-21(7-5-20)16(22)14-3-2-12(18)9-15(14)17/h2-3,8-9H,4-7,10H2,1H3. The van der Waals surface area contributed by atoms with E-state index in [1.165, 1.54) is 12.1 Å². The lowest BCUT2D eigenvalue weighted by Crippen LogP contribution is -2.48. The summed E-state index contributed by atoms with van der Waals surface area (Å²) < 4.78 is 18.1. The van der Waals surface area contributed by atoms with Crippen molar-refractivity contribution >= 4 is 17.5 Å². The lowest BCUT2D eigenvalue weighted by Gasteiger charge is -2.34. The van der Waals surface area contributed by atoms with E-state index in [9.17, 15) is 9.18 Å². The van der Waals surface area contributed by atoms with Gasteiger partial charge < -0.3 is 9.42 Å². The van der Waals surface area contributed by atoms with Gasteiger partial charge in [0.05, 0.1) is 16.3 Å². The fraction of sp³-hybridized carbons (Fsp3) is 0.375. The van der Waals surface area contributed by atoms with Crippen LogP contribution in [0.15, 0.2) is 28.8 Å². The predicted molar refractivity (Wildman–Crippen MR) is 83.8 cm³/mol. The van der Waals surface area contributed by atoms with Crippen LogP contribution in [0.25, 0.3) is 0 Å². The van der Waals surface area contributed by atoms with Gasteiger partial charge in [-0.05, 0) is 25.1 Å². The van der Waals surface area contributed by atoms with Gasteiger partial charge in [-0.15, -0.1) is 0 Å². The number of nitrogens with zero attached hydrogens (tertiary/aromatic N) is 3. The average Bonchev–Trinajstić information content (AvgIpc) is 2.92. The minimum atomic E-state index is -0.445. The van der Waals surface area contributed by atoms with Gasteiger partial charge in [0, 0.05) is 38.8 Å².